The molecular weight excluding hydrogens is 380 g/mol. The Balaban J connectivity index is 2.14. The van der Waals surface area contributed by atoms with Crippen molar-refractivity contribution in [2.24, 2.45) is 5.41 Å². The lowest BCUT2D eigenvalue weighted by Gasteiger charge is -2.36. The third-order valence-corrected chi connectivity index (χ3v) is 5.90. The summed E-state index contributed by atoms with van der Waals surface area (Å²) in [5.41, 5.74) is 3.43. The van der Waals surface area contributed by atoms with Crippen molar-refractivity contribution in [2.75, 3.05) is 13.2 Å². The molecule has 2 N–H and O–H groups in total. The molecule has 1 aliphatic rings. The second kappa shape index (κ2) is 8.31. The highest BCUT2D eigenvalue weighted by molar-refractivity contribution is 5.94. The minimum Gasteiger partial charge on any atom is -0.493 e. The van der Waals surface area contributed by atoms with Crippen molar-refractivity contribution >= 4 is 16.9 Å². The Labute approximate surface area is 178 Å². The molecule has 0 bridgehead atoms. The van der Waals surface area contributed by atoms with Crippen molar-refractivity contribution in [3.05, 3.63) is 28.5 Å². The number of aliphatic carboxylic acids is 1. The molecule has 0 aliphatic carbocycles. The van der Waals surface area contributed by atoms with Crippen LogP contribution in [-0.2, 0) is 21.6 Å². The van der Waals surface area contributed by atoms with Crippen molar-refractivity contribution < 1.29 is 19.4 Å². The first kappa shape index (κ1) is 22.2. The molecule has 1 unspecified atom stereocenters. The number of nitrogens with zero attached hydrogens (tertiary/aromatic N) is 1. The minimum atomic E-state index is -0.890. The summed E-state index contributed by atoms with van der Waals surface area (Å²) in [4.78, 5) is 15.1. The van der Waals surface area contributed by atoms with Crippen LogP contribution in [-0.4, -0.2) is 29.3 Å². The van der Waals surface area contributed by atoms with Gasteiger partial charge in [0.05, 0.1) is 42.5 Å². The Morgan fingerprint density at radius 3 is 2.77 bits per heavy atom. The molecule has 0 saturated heterocycles. The summed E-state index contributed by atoms with van der Waals surface area (Å²) in [5, 5.41) is 20.3. The molecular formula is C24H32N2O4. The first-order valence-electron chi connectivity index (χ1n) is 10.7. The lowest BCUT2D eigenvalue weighted by molar-refractivity contribution is -0.149. The van der Waals surface area contributed by atoms with Crippen LogP contribution in [0.2, 0.25) is 0 Å². The fraction of sp³-hybridized carbons (Fsp3) is 0.583. The van der Waals surface area contributed by atoms with Gasteiger partial charge in [-0.1, -0.05) is 34.1 Å². The molecule has 2 aromatic rings. The average molecular weight is 413 g/mol. The molecule has 162 valence electrons. The van der Waals surface area contributed by atoms with Crippen LogP contribution in [0.3, 0.4) is 0 Å². The molecule has 1 aromatic carbocycles. The molecule has 3 rings (SSSR count). The number of aromatic nitrogens is 1. The highest BCUT2D eigenvalue weighted by atomic mass is 16.5. The number of nitrogens with one attached hydrogen (secondary N) is 1. The monoisotopic (exact) mass is 412 g/mol. The second-order valence-corrected chi connectivity index (χ2v) is 9.46. The van der Waals surface area contributed by atoms with Crippen LogP contribution in [0.4, 0.5) is 0 Å². The van der Waals surface area contributed by atoms with Gasteiger partial charge in [0.1, 0.15) is 11.4 Å². The van der Waals surface area contributed by atoms with Gasteiger partial charge in [0.2, 0.25) is 0 Å². The fourth-order valence-electron chi connectivity index (χ4n) is 4.39. The van der Waals surface area contributed by atoms with Gasteiger partial charge >= 0.3 is 5.97 Å². The van der Waals surface area contributed by atoms with E-state index in [1.165, 1.54) is 0 Å². The van der Waals surface area contributed by atoms with E-state index in [1.807, 2.05) is 19.9 Å². The molecule has 2 heterocycles. The van der Waals surface area contributed by atoms with Gasteiger partial charge in [-0.3, -0.25) is 4.79 Å². The Hall–Kier alpha value is -2.52. The minimum absolute atomic E-state index is 0.101. The zero-order chi connectivity index (χ0) is 22.1. The number of carboxylic acid groups (broad SMARTS) is 1. The fourth-order valence-corrected chi connectivity index (χ4v) is 4.39. The van der Waals surface area contributed by atoms with Crippen LogP contribution < -0.4 is 4.74 Å². The normalized spacial score (nSPS) is 18.8. The molecule has 6 nitrogen and oxygen atoms in total. The van der Waals surface area contributed by atoms with Gasteiger partial charge in [-0.05, 0) is 43.2 Å². The summed E-state index contributed by atoms with van der Waals surface area (Å²) in [7, 11) is 0. The number of aromatic amines is 1. The number of benzene rings is 1. The van der Waals surface area contributed by atoms with E-state index in [-0.39, 0.29) is 11.8 Å². The van der Waals surface area contributed by atoms with E-state index in [2.05, 4.69) is 31.8 Å². The highest BCUT2D eigenvalue weighted by Gasteiger charge is 2.42. The standard InChI is InChI=1S/C24H32N2O4/c1-6-8-24(13-19(27)28)22-17(7-10-30-24)20-16(14-25)12-18(15(2)21(20)26-22)29-11-9-23(3,4)5/h12,26H,6-11,13H2,1-5H3,(H,27,28). The number of nitriles is 1. The summed E-state index contributed by atoms with van der Waals surface area (Å²) in [6.45, 7) is 11.5. The third kappa shape index (κ3) is 4.17. The molecule has 0 radical (unpaired) electrons. The van der Waals surface area contributed by atoms with E-state index in [0.717, 1.165) is 40.6 Å². The summed E-state index contributed by atoms with van der Waals surface area (Å²) in [6.07, 6.45) is 2.86. The zero-order valence-corrected chi connectivity index (χ0v) is 18.6. The average Bonchev–Trinajstić information content (AvgIpc) is 3.04. The summed E-state index contributed by atoms with van der Waals surface area (Å²) in [5.74, 6) is -0.194. The van der Waals surface area contributed by atoms with Gasteiger partial charge in [0, 0.05) is 10.9 Å². The maximum Gasteiger partial charge on any atom is 0.306 e. The quantitative estimate of drug-likeness (QED) is 0.651. The first-order valence-corrected chi connectivity index (χ1v) is 10.7. The van der Waals surface area contributed by atoms with Gasteiger partial charge in [-0.2, -0.15) is 5.26 Å². The number of fused-ring (bicyclic) bond motifs is 3. The number of aryl methyl sites for hydroxylation is 1. The van der Waals surface area contributed by atoms with E-state index in [9.17, 15) is 15.2 Å². The molecule has 30 heavy (non-hydrogen) atoms. The van der Waals surface area contributed by atoms with Gasteiger partial charge in [0.15, 0.2) is 0 Å². The van der Waals surface area contributed by atoms with Crippen LogP contribution in [0.1, 0.15) is 75.8 Å². The molecule has 0 amide bonds. The van der Waals surface area contributed by atoms with Crippen LogP contribution >= 0.6 is 0 Å². The van der Waals surface area contributed by atoms with Crippen molar-refractivity contribution in [1.29, 1.82) is 5.26 Å². The smallest absolute Gasteiger partial charge is 0.306 e. The third-order valence-electron chi connectivity index (χ3n) is 5.90. The van der Waals surface area contributed by atoms with E-state index >= 15 is 0 Å². The van der Waals surface area contributed by atoms with E-state index < -0.39 is 11.6 Å². The number of rotatable bonds is 7. The van der Waals surface area contributed by atoms with E-state index in [4.69, 9.17) is 9.47 Å². The maximum atomic E-state index is 11.6. The van der Waals surface area contributed by atoms with Crippen molar-refractivity contribution in [3.8, 4) is 11.8 Å². The van der Waals surface area contributed by atoms with E-state index in [1.54, 1.807) is 0 Å². The number of carbonyl (C=O) groups is 1. The molecule has 0 saturated carbocycles. The predicted octanol–water partition coefficient (Wildman–Crippen LogP) is 5.21. The molecule has 1 aliphatic heterocycles. The highest BCUT2D eigenvalue weighted by Crippen LogP contribution is 2.45. The predicted molar refractivity (Wildman–Crippen MR) is 116 cm³/mol. The van der Waals surface area contributed by atoms with E-state index in [0.29, 0.717) is 37.4 Å². The Bertz CT molecular complexity index is 994. The Kier molecular flexibility index (Phi) is 6.14. The lowest BCUT2D eigenvalue weighted by Crippen LogP contribution is -2.37. The molecule has 1 aromatic heterocycles. The number of carboxylic acids is 1. The van der Waals surface area contributed by atoms with Crippen molar-refractivity contribution in [3.63, 3.8) is 0 Å². The molecule has 1 atom stereocenters. The number of H-pyrrole nitrogens is 1. The SMILES string of the molecule is CCCC1(CC(=O)O)OCCc2c1[nH]c1c(C)c(OCCC(C)(C)C)cc(C#N)c21. The van der Waals surface area contributed by atoms with Gasteiger partial charge in [-0.15, -0.1) is 0 Å². The summed E-state index contributed by atoms with van der Waals surface area (Å²) < 4.78 is 12.2. The van der Waals surface area contributed by atoms with Gasteiger partial charge in [-0.25, -0.2) is 0 Å². The molecule has 0 fully saturated rings. The van der Waals surface area contributed by atoms with Crippen LogP contribution in [0.25, 0.3) is 10.9 Å². The van der Waals surface area contributed by atoms with Crippen molar-refractivity contribution in [2.45, 2.75) is 72.3 Å². The number of hydrogen-bond donors (Lipinski definition) is 2. The Morgan fingerprint density at radius 1 is 1.43 bits per heavy atom. The van der Waals surface area contributed by atoms with Crippen LogP contribution in [0.15, 0.2) is 6.07 Å². The molecule has 6 heteroatoms. The second-order valence-electron chi connectivity index (χ2n) is 9.46. The summed E-state index contributed by atoms with van der Waals surface area (Å²) >= 11 is 0. The largest absolute Gasteiger partial charge is 0.493 e. The van der Waals surface area contributed by atoms with Crippen LogP contribution in [0.5, 0.6) is 5.75 Å². The number of ether oxygens (including phenoxy) is 2. The lowest BCUT2D eigenvalue weighted by atomic mass is 9.84. The van der Waals surface area contributed by atoms with Gasteiger partial charge < -0.3 is 19.6 Å². The zero-order valence-electron chi connectivity index (χ0n) is 18.6. The summed E-state index contributed by atoms with van der Waals surface area (Å²) in [6, 6.07) is 4.15. The van der Waals surface area contributed by atoms with Crippen LogP contribution in [0, 0.1) is 23.7 Å². The van der Waals surface area contributed by atoms with Crippen molar-refractivity contribution in [1.82, 2.24) is 4.98 Å². The first-order chi connectivity index (χ1) is 14.1. The number of hydrogen-bond acceptors (Lipinski definition) is 4. The molecule has 0 spiro atoms. The maximum absolute atomic E-state index is 11.6. The Morgan fingerprint density at radius 2 is 2.17 bits per heavy atom. The van der Waals surface area contributed by atoms with Gasteiger partial charge in [0.25, 0.3) is 0 Å². The topological polar surface area (TPSA) is 95.3 Å².